The van der Waals surface area contributed by atoms with Crippen LogP contribution >= 0.6 is 0 Å². The molecule has 0 bridgehead atoms. The number of aromatic nitrogens is 1. The number of carbonyl (C=O) groups excluding carboxylic acids is 2. The lowest BCUT2D eigenvalue weighted by molar-refractivity contribution is -0.169. The molecule has 0 radical (unpaired) electrons. The lowest BCUT2D eigenvalue weighted by Crippen LogP contribution is -2.37. The molecule has 3 aromatic rings. The Hall–Kier alpha value is -2.96. The third kappa shape index (κ3) is 3.63. The second kappa shape index (κ2) is 7.73. The highest BCUT2D eigenvalue weighted by molar-refractivity contribution is 6.14. The number of benzene rings is 2. The van der Waals surface area contributed by atoms with Crippen LogP contribution in [0.3, 0.4) is 0 Å². The molecule has 6 heteroatoms. The van der Waals surface area contributed by atoms with Gasteiger partial charge in [-0.05, 0) is 11.6 Å². The number of carbonyl (C=O) groups is 2. The van der Waals surface area contributed by atoms with Crippen LogP contribution < -0.4 is 0 Å². The molecule has 2 heterocycles. The zero-order valence-electron chi connectivity index (χ0n) is 14.6. The van der Waals surface area contributed by atoms with Gasteiger partial charge in [-0.15, -0.1) is 0 Å². The van der Waals surface area contributed by atoms with Crippen molar-refractivity contribution in [3.05, 3.63) is 60.2 Å². The number of ketones is 1. The Morgan fingerprint density at radius 1 is 1.04 bits per heavy atom. The van der Waals surface area contributed by atoms with Crippen LogP contribution in [0.25, 0.3) is 22.2 Å². The zero-order valence-corrected chi connectivity index (χ0v) is 14.6. The first-order chi connectivity index (χ1) is 13.2. The smallest absolute Gasteiger partial charge is 0.338 e. The van der Waals surface area contributed by atoms with Crippen LogP contribution in [0.5, 0.6) is 0 Å². The van der Waals surface area contributed by atoms with E-state index in [2.05, 4.69) is 4.98 Å². The van der Waals surface area contributed by atoms with E-state index in [0.717, 1.165) is 22.2 Å². The first-order valence-corrected chi connectivity index (χ1v) is 8.79. The molecular weight excluding hydrogens is 346 g/mol. The van der Waals surface area contributed by atoms with Gasteiger partial charge in [0.25, 0.3) is 0 Å². The highest BCUT2D eigenvalue weighted by Gasteiger charge is 2.26. The maximum atomic E-state index is 12.9. The molecule has 1 saturated heterocycles. The van der Waals surface area contributed by atoms with Gasteiger partial charge in [-0.3, -0.25) is 4.79 Å². The molecule has 138 valence electrons. The van der Waals surface area contributed by atoms with Gasteiger partial charge in [0.05, 0.1) is 31.1 Å². The van der Waals surface area contributed by atoms with Gasteiger partial charge in [-0.2, -0.15) is 0 Å². The molecule has 1 aliphatic heterocycles. The quantitative estimate of drug-likeness (QED) is 0.556. The first kappa shape index (κ1) is 17.5. The first-order valence-electron chi connectivity index (χ1n) is 8.79. The summed E-state index contributed by atoms with van der Waals surface area (Å²) in [6.45, 7) is 0.600. The fourth-order valence-electron chi connectivity index (χ4n) is 3.18. The molecule has 1 aliphatic rings. The van der Waals surface area contributed by atoms with Crippen LogP contribution in [0.2, 0.25) is 0 Å². The van der Waals surface area contributed by atoms with Crippen LogP contribution in [0, 0.1) is 0 Å². The minimum Gasteiger partial charge on any atom is -0.455 e. The van der Waals surface area contributed by atoms with Gasteiger partial charge in [0, 0.05) is 10.9 Å². The Kier molecular flexibility index (Phi) is 5.00. The zero-order chi connectivity index (χ0) is 18.6. The molecule has 0 amide bonds. The van der Waals surface area contributed by atoms with E-state index >= 15 is 0 Å². The van der Waals surface area contributed by atoms with Crippen LogP contribution in [0.1, 0.15) is 10.4 Å². The van der Waals surface area contributed by atoms with E-state index in [0.29, 0.717) is 18.8 Å². The van der Waals surface area contributed by atoms with Crippen molar-refractivity contribution in [3.8, 4) is 11.3 Å². The summed E-state index contributed by atoms with van der Waals surface area (Å²) in [5.41, 5.74) is 2.99. The maximum Gasteiger partial charge on any atom is 0.338 e. The van der Waals surface area contributed by atoms with Crippen molar-refractivity contribution >= 4 is 22.7 Å². The summed E-state index contributed by atoms with van der Waals surface area (Å²) < 4.78 is 15.7. The van der Waals surface area contributed by atoms with Gasteiger partial charge in [-0.25, -0.2) is 4.79 Å². The number of hydrogen-bond donors (Lipinski definition) is 1. The lowest BCUT2D eigenvalue weighted by Gasteiger charge is -2.21. The van der Waals surface area contributed by atoms with Gasteiger partial charge in [0.1, 0.15) is 0 Å². The monoisotopic (exact) mass is 365 g/mol. The number of H-pyrrole nitrogens is 1. The Morgan fingerprint density at radius 3 is 2.59 bits per heavy atom. The number of rotatable bonds is 5. The molecule has 0 spiro atoms. The van der Waals surface area contributed by atoms with Gasteiger partial charge in [-0.1, -0.05) is 48.5 Å². The number of Topliss-reactive ketones (excluding diaryl/α,β-unsaturated/α-hetero) is 1. The molecule has 1 fully saturated rings. The predicted octanol–water partition coefficient (Wildman–Crippen LogP) is 2.98. The summed E-state index contributed by atoms with van der Waals surface area (Å²) in [7, 11) is 0. The Balaban J connectivity index is 1.60. The fraction of sp³-hybridized carbons (Fsp3) is 0.238. The normalized spacial score (nSPS) is 17.0. The predicted molar refractivity (Wildman–Crippen MR) is 99.6 cm³/mol. The molecule has 0 saturated carbocycles. The third-order valence-corrected chi connectivity index (χ3v) is 4.47. The molecule has 6 nitrogen and oxygen atoms in total. The van der Waals surface area contributed by atoms with Crippen LogP contribution in [0.15, 0.2) is 54.6 Å². The third-order valence-electron chi connectivity index (χ3n) is 4.47. The van der Waals surface area contributed by atoms with Gasteiger partial charge in [0.2, 0.25) is 5.78 Å². The number of para-hydroxylation sites is 1. The molecule has 4 rings (SSSR count). The highest BCUT2D eigenvalue weighted by atomic mass is 16.6. The summed E-state index contributed by atoms with van der Waals surface area (Å²) in [6, 6.07) is 17.2. The average molecular weight is 365 g/mol. The second-order valence-corrected chi connectivity index (χ2v) is 6.25. The number of ether oxygens (including phenoxy) is 3. The van der Waals surface area contributed by atoms with E-state index < -0.39 is 12.1 Å². The van der Waals surface area contributed by atoms with Gasteiger partial charge in [0.15, 0.2) is 12.7 Å². The average Bonchev–Trinajstić information content (AvgIpc) is 3.13. The van der Waals surface area contributed by atoms with Crippen molar-refractivity contribution in [2.24, 2.45) is 0 Å². The molecule has 1 unspecified atom stereocenters. The SMILES string of the molecule is O=C(COC(=O)C1COCCO1)c1c(-c2ccccc2)[nH]c2ccccc12. The summed E-state index contributed by atoms with van der Waals surface area (Å²) in [4.78, 5) is 28.3. The topological polar surface area (TPSA) is 77.6 Å². The summed E-state index contributed by atoms with van der Waals surface area (Å²) >= 11 is 0. The van der Waals surface area contributed by atoms with Crippen molar-refractivity contribution in [2.75, 3.05) is 26.4 Å². The highest BCUT2D eigenvalue weighted by Crippen LogP contribution is 2.30. The van der Waals surface area contributed by atoms with Crippen molar-refractivity contribution in [3.63, 3.8) is 0 Å². The fourth-order valence-corrected chi connectivity index (χ4v) is 3.18. The molecular formula is C21H19NO5. The number of esters is 1. The molecule has 1 N–H and O–H groups in total. The molecule has 27 heavy (non-hydrogen) atoms. The number of fused-ring (bicyclic) bond motifs is 1. The van der Waals surface area contributed by atoms with E-state index in [-0.39, 0.29) is 19.0 Å². The number of hydrogen-bond acceptors (Lipinski definition) is 5. The molecule has 0 aliphatic carbocycles. The van der Waals surface area contributed by atoms with E-state index in [9.17, 15) is 9.59 Å². The molecule has 2 aromatic carbocycles. The minimum atomic E-state index is -0.775. The van der Waals surface area contributed by atoms with Crippen LogP contribution in [0.4, 0.5) is 0 Å². The summed E-state index contributed by atoms with van der Waals surface area (Å²) in [5, 5.41) is 0.801. The Morgan fingerprint density at radius 2 is 1.81 bits per heavy atom. The minimum absolute atomic E-state index is 0.148. The summed E-state index contributed by atoms with van der Waals surface area (Å²) in [6.07, 6.45) is -0.775. The van der Waals surface area contributed by atoms with E-state index in [1.807, 2.05) is 54.6 Å². The van der Waals surface area contributed by atoms with E-state index in [4.69, 9.17) is 14.2 Å². The lowest BCUT2D eigenvalue weighted by atomic mass is 10.0. The van der Waals surface area contributed by atoms with Gasteiger partial charge < -0.3 is 19.2 Å². The van der Waals surface area contributed by atoms with Crippen molar-refractivity contribution in [1.82, 2.24) is 4.98 Å². The number of nitrogens with one attached hydrogen (secondary N) is 1. The van der Waals surface area contributed by atoms with E-state index in [1.165, 1.54) is 0 Å². The standard InChI is InChI=1S/C21H19NO5/c23-17(12-27-21(24)18-13-25-10-11-26-18)19-15-8-4-5-9-16(15)22-20(19)14-6-2-1-3-7-14/h1-9,18,22H,10-13H2. The van der Waals surface area contributed by atoms with E-state index in [1.54, 1.807) is 0 Å². The van der Waals surface area contributed by atoms with Crippen molar-refractivity contribution in [2.45, 2.75) is 6.10 Å². The van der Waals surface area contributed by atoms with Crippen molar-refractivity contribution in [1.29, 1.82) is 0 Å². The summed E-state index contributed by atoms with van der Waals surface area (Å²) in [5.74, 6) is -0.847. The largest absolute Gasteiger partial charge is 0.455 e. The Bertz CT molecular complexity index is 957. The van der Waals surface area contributed by atoms with Crippen LogP contribution in [-0.4, -0.2) is 49.3 Å². The maximum absolute atomic E-state index is 12.9. The molecule has 1 aromatic heterocycles. The van der Waals surface area contributed by atoms with Gasteiger partial charge >= 0.3 is 5.97 Å². The van der Waals surface area contributed by atoms with Crippen molar-refractivity contribution < 1.29 is 23.8 Å². The van der Waals surface area contributed by atoms with Crippen LogP contribution in [-0.2, 0) is 19.0 Å². The molecule has 1 atom stereocenters. The number of aromatic amines is 1. The second-order valence-electron chi connectivity index (χ2n) is 6.25. The Labute approximate surface area is 156 Å².